The van der Waals surface area contributed by atoms with Crippen molar-refractivity contribution >= 4 is 27.1 Å². The van der Waals surface area contributed by atoms with E-state index in [9.17, 15) is 13.2 Å². The molecule has 0 aliphatic carbocycles. The number of nitrogens with one attached hydrogen (secondary N) is 1. The fourth-order valence-corrected chi connectivity index (χ4v) is 3.60. The number of amides is 1. The predicted molar refractivity (Wildman–Crippen MR) is 74.4 cm³/mol. The van der Waals surface area contributed by atoms with Gasteiger partial charge < -0.3 is 16.8 Å². The minimum atomic E-state index is -2.92. The Labute approximate surface area is 112 Å². The first-order chi connectivity index (χ1) is 8.85. The average molecular weight is 283 g/mol. The molecular formula is C12H17N3O3S. The van der Waals surface area contributed by atoms with Gasteiger partial charge in [-0.2, -0.15) is 0 Å². The highest BCUT2D eigenvalue weighted by Crippen LogP contribution is 2.16. The third-order valence-corrected chi connectivity index (χ3v) is 4.85. The lowest BCUT2D eigenvalue weighted by molar-refractivity contribution is 0.0934. The van der Waals surface area contributed by atoms with Crippen LogP contribution in [0.3, 0.4) is 0 Å². The molecule has 1 saturated heterocycles. The minimum Gasteiger partial charge on any atom is -0.399 e. The number of nitrogens with two attached hydrogens (primary N) is 2. The van der Waals surface area contributed by atoms with Gasteiger partial charge in [0.2, 0.25) is 0 Å². The van der Waals surface area contributed by atoms with Crippen LogP contribution in [0.4, 0.5) is 11.4 Å². The summed E-state index contributed by atoms with van der Waals surface area (Å²) < 4.78 is 22.6. The number of sulfone groups is 1. The van der Waals surface area contributed by atoms with E-state index in [0.717, 1.165) is 0 Å². The normalized spacial score (nSPS) is 18.9. The van der Waals surface area contributed by atoms with E-state index >= 15 is 0 Å². The molecule has 0 spiro atoms. The summed E-state index contributed by atoms with van der Waals surface area (Å²) in [6, 6.07) is 4.55. The topological polar surface area (TPSA) is 115 Å². The Morgan fingerprint density at radius 2 is 1.63 bits per heavy atom. The molecule has 1 aromatic rings. The van der Waals surface area contributed by atoms with Crippen molar-refractivity contribution in [3.8, 4) is 0 Å². The summed E-state index contributed by atoms with van der Waals surface area (Å²) in [4.78, 5) is 12.0. The Balaban J connectivity index is 2.02. The molecule has 0 unspecified atom stereocenters. The monoisotopic (exact) mass is 283 g/mol. The molecule has 0 saturated carbocycles. The minimum absolute atomic E-state index is 0.112. The molecule has 5 N–H and O–H groups in total. The number of nitrogen functional groups attached to an aromatic ring is 2. The molecule has 0 radical (unpaired) electrons. The van der Waals surface area contributed by atoms with Crippen molar-refractivity contribution in [1.82, 2.24) is 5.32 Å². The molecule has 1 heterocycles. The Kier molecular flexibility index (Phi) is 3.66. The molecule has 1 amide bonds. The molecular weight excluding hydrogens is 266 g/mol. The standard InChI is InChI=1S/C12H17N3O3S/c13-9-5-8(6-10(14)7-9)12(16)15-11-1-3-19(17,18)4-2-11/h5-7,11H,1-4,13-14H2,(H,15,16). The second kappa shape index (κ2) is 5.08. The molecule has 1 aliphatic heterocycles. The summed E-state index contributed by atoms with van der Waals surface area (Å²) in [5.41, 5.74) is 12.5. The molecule has 0 atom stereocenters. The third kappa shape index (κ3) is 3.60. The molecule has 1 aliphatic rings. The van der Waals surface area contributed by atoms with Crippen molar-refractivity contribution in [3.05, 3.63) is 23.8 Å². The third-order valence-electron chi connectivity index (χ3n) is 3.13. The zero-order chi connectivity index (χ0) is 14.0. The van der Waals surface area contributed by atoms with E-state index in [0.29, 0.717) is 29.8 Å². The van der Waals surface area contributed by atoms with Gasteiger partial charge in [0.25, 0.3) is 5.91 Å². The number of rotatable bonds is 2. The van der Waals surface area contributed by atoms with Crippen molar-refractivity contribution in [2.75, 3.05) is 23.0 Å². The molecule has 6 nitrogen and oxygen atoms in total. The molecule has 7 heteroatoms. The smallest absolute Gasteiger partial charge is 0.251 e. The van der Waals surface area contributed by atoms with Crippen LogP contribution in [-0.2, 0) is 9.84 Å². The number of hydrogen-bond acceptors (Lipinski definition) is 5. The van der Waals surface area contributed by atoms with Crippen LogP contribution < -0.4 is 16.8 Å². The molecule has 1 aromatic carbocycles. The van der Waals surface area contributed by atoms with Crippen LogP contribution in [0.15, 0.2) is 18.2 Å². The summed E-state index contributed by atoms with van der Waals surface area (Å²) in [7, 11) is -2.92. The van der Waals surface area contributed by atoms with Crippen LogP contribution in [0.1, 0.15) is 23.2 Å². The van der Waals surface area contributed by atoms with Crippen LogP contribution in [0.5, 0.6) is 0 Å². The molecule has 104 valence electrons. The maximum absolute atomic E-state index is 12.0. The summed E-state index contributed by atoms with van der Waals surface area (Å²) in [6.07, 6.45) is 0.901. The van der Waals surface area contributed by atoms with E-state index < -0.39 is 9.84 Å². The van der Waals surface area contributed by atoms with Crippen LogP contribution in [0.25, 0.3) is 0 Å². The second-order valence-electron chi connectivity index (χ2n) is 4.79. The predicted octanol–water partition coefficient (Wildman–Crippen LogP) is 0.158. The summed E-state index contributed by atoms with van der Waals surface area (Å²) in [5, 5.41) is 2.81. The first-order valence-corrected chi connectivity index (χ1v) is 7.85. The van der Waals surface area contributed by atoms with Crippen LogP contribution in [0.2, 0.25) is 0 Å². The van der Waals surface area contributed by atoms with Gasteiger partial charge in [-0.1, -0.05) is 0 Å². The molecule has 0 aromatic heterocycles. The van der Waals surface area contributed by atoms with E-state index in [1.807, 2.05) is 0 Å². The van der Waals surface area contributed by atoms with Gasteiger partial charge in [-0.3, -0.25) is 4.79 Å². The SMILES string of the molecule is Nc1cc(N)cc(C(=O)NC2CCS(=O)(=O)CC2)c1. The fourth-order valence-electron chi connectivity index (χ4n) is 2.11. The Morgan fingerprint density at radius 1 is 1.11 bits per heavy atom. The fraction of sp³-hybridized carbons (Fsp3) is 0.417. The first-order valence-electron chi connectivity index (χ1n) is 6.03. The summed E-state index contributed by atoms with van der Waals surface area (Å²) in [6.45, 7) is 0. The van der Waals surface area contributed by atoms with Crippen LogP contribution in [0, 0.1) is 0 Å². The maximum atomic E-state index is 12.0. The Morgan fingerprint density at radius 3 is 2.16 bits per heavy atom. The van der Waals surface area contributed by atoms with Gasteiger partial charge in [-0.15, -0.1) is 0 Å². The van der Waals surface area contributed by atoms with Gasteiger partial charge in [0.1, 0.15) is 9.84 Å². The van der Waals surface area contributed by atoms with E-state index in [-0.39, 0.29) is 23.5 Å². The number of carbonyl (C=O) groups excluding carboxylic acids is 1. The van der Waals surface area contributed by atoms with Gasteiger partial charge in [0.05, 0.1) is 11.5 Å². The Bertz CT molecular complexity index is 564. The largest absolute Gasteiger partial charge is 0.399 e. The lowest BCUT2D eigenvalue weighted by Crippen LogP contribution is -2.40. The van der Waals surface area contributed by atoms with Crippen molar-refractivity contribution < 1.29 is 13.2 Å². The second-order valence-corrected chi connectivity index (χ2v) is 7.09. The average Bonchev–Trinajstić information content (AvgIpc) is 2.30. The van der Waals surface area contributed by atoms with Crippen molar-refractivity contribution in [3.63, 3.8) is 0 Å². The lowest BCUT2D eigenvalue weighted by Gasteiger charge is -2.23. The number of carbonyl (C=O) groups is 1. The zero-order valence-electron chi connectivity index (χ0n) is 10.4. The van der Waals surface area contributed by atoms with Gasteiger partial charge in [-0.05, 0) is 31.0 Å². The Hall–Kier alpha value is -1.76. The molecule has 2 rings (SSSR count). The number of benzene rings is 1. The summed E-state index contributed by atoms with van der Waals surface area (Å²) in [5.74, 6) is -0.0306. The van der Waals surface area contributed by atoms with Gasteiger partial charge in [0, 0.05) is 23.0 Å². The zero-order valence-corrected chi connectivity index (χ0v) is 11.2. The van der Waals surface area contributed by atoms with E-state index in [2.05, 4.69) is 5.32 Å². The van der Waals surface area contributed by atoms with Crippen molar-refractivity contribution in [2.45, 2.75) is 18.9 Å². The van der Waals surface area contributed by atoms with Gasteiger partial charge in [0.15, 0.2) is 0 Å². The molecule has 0 bridgehead atoms. The summed E-state index contributed by atoms with van der Waals surface area (Å²) >= 11 is 0. The van der Waals surface area contributed by atoms with E-state index in [1.165, 1.54) is 0 Å². The van der Waals surface area contributed by atoms with E-state index in [1.54, 1.807) is 18.2 Å². The highest BCUT2D eigenvalue weighted by molar-refractivity contribution is 7.91. The number of anilines is 2. The molecule has 19 heavy (non-hydrogen) atoms. The molecule has 1 fully saturated rings. The van der Waals surface area contributed by atoms with Gasteiger partial charge >= 0.3 is 0 Å². The highest BCUT2D eigenvalue weighted by Gasteiger charge is 2.24. The van der Waals surface area contributed by atoms with Crippen molar-refractivity contribution in [2.24, 2.45) is 0 Å². The van der Waals surface area contributed by atoms with Gasteiger partial charge in [-0.25, -0.2) is 8.42 Å². The van der Waals surface area contributed by atoms with Crippen LogP contribution >= 0.6 is 0 Å². The van der Waals surface area contributed by atoms with E-state index in [4.69, 9.17) is 11.5 Å². The lowest BCUT2D eigenvalue weighted by atomic mass is 10.1. The highest BCUT2D eigenvalue weighted by atomic mass is 32.2. The number of hydrogen-bond donors (Lipinski definition) is 3. The quantitative estimate of drug-likeness (QED) is 0.669. The first kappa shape index (κ1) is 13.7. The van der Waals surface area contributed by atoms with Crippen molar-refractivity contribution in [1.29, 1.82) is 0 Å². The maximum Gasteiger partial charge on any atom is 0.251 e. The van der Waals surface area contributed by atoms with Crippen LogP contribution in [-0.4, -0.2) is 31.9 Å².